The molecule has 0 aliphatic heterocycles. The third kappa shape index (κ3) is 17.6. The van der Waals surface area contributed by atoms with Gasteiger partial charge in [0.1, 0.15) is 7.11 Å². The lowest BCUT2D eigenvalue weighted by Gasteiger charge is -1.85. The molecule has 0 bridgehead atoms. The Morgan fingerprint density at radius 3 is 2.36 bits per heavy atom. The molecule has 0 saturated carbocycles. The first-order valence-corrected chi connectivity index (χ1v) is 3.08. The Labute approximate surface area is 66.0 Å². The molecule has 0 heterocycles. The van der Waals surface area contributed by atoms with Crippen LogP contribution in [-0.2, 0) is 4.84 Å². The van der Waals surface area contributed by atoms with E-state index in [4.69, 9.17) is 10.3 Å². The molecule has 0 aromatic heterocycles. The van der Waals surface area contributed by atoms with Crippen molar-refractivity contribution in [2.75, 3.05) is 13.7 Å². The summed E-state index contributed by atoms with van der Waals surface area (Å²) in [4.78, 5) is 4.34. The highest BCUT2D eigenvalue weighted by Gasteiger charge is 1.79. The Morgan fingerprint density at radius 2 is 2.09 bits per heavy atom. The van der Waals surface area contributed by atoms with Gasteiger partial charge in [-0.1, -0.05) is 10.3 Å². The largest absolute Gasteiger partial charge is 0.411 e. The maximum Gasteiger partial charge on any atom is 0.106 e. The number of aliphatic hydroxyl groups is 1. The predicted molar refractivity (Wildman–Crippen MR) is 43.2 cm³/mol. The molecule has 0 fully saturated rings. The van der Waals surface area contributed by atoms with Crippen molar-refractivity contribution >= 4 is 11.9 Å². The number of hydrogen-bond acceptors (Lipinski definition) is 5. The van der Waals surface area contributed by atoms with Gasteiger partial charge in [0.05, 0.1) is 11.9 Å². The normalized spacial score (nSPS) is 10.7. The van der Waals surface area contributed by atoms with Crippen LogP contribution in [0, 0.1) is 0 Å². The fourth-order valence-corrected chi connectivity index (χ4v) is 0.251. The molecule has 0 aromatic carbocycles. The topological polar surface area (TPSA) is 74.4 Å². The lowest BCUT2D eigenvalue weighted by molar-refractivity contribution is 0.214. The second-order valence-corrected chi connectivity index (χ2v) is 1.48. The van der Waals surface area contributed by atoms with E-state index in [1.807, 2.05) is 0 Å². The van der Waals surface area contributed by atoms with Crippen LogP contribution in [0.1, 0.15) is 13.8 Å². The zero-order chi connectivity index (χ0) is 9.11. The molecule has 0 saturated heterocycles. The molecular weight excluding hydrogens is 148 g/mol. The van der Waals surface area contributed by atoms with Crippen LogP contribution in [0.2, 0.25) is 0 Å². The highest BCUT2D eigenvalue weighted by atomic mass is 16.6. The van der Waals surface area contributed by atoms with Gasteiger partial charge in [0, 0.05) is 6.61 Å². The van der Waals surface area contributed by atoms with Crippen LogP contribution in [0.3, 0.4) is 0 Å². The van der Waals surface area contributed by atoms with Crippen LogP contribution < -0.4 is 0 Å². The van der Waals surface area contributed by atoms with Gasteiger partial charge in [0.25, 0.3) is 0 Å². The summed E-state index contributed by atoms with van der Waals surface area (Å²) in [5, 5.41) is 21.6. The predicted octanol–water partition coefficient (Wildman–Crippen LogP) is 0.467. The third-order valence-corrected chi connectivity index (χ3v) is 0.480. The number of nitrogens with zero attached hydrogens (tertiary/aromatic N) is 2. The quantitative estimate of drug-likeness (QED) is 0.352. The van der Waals surface area contributed by atoms with E-state index in [9.17, 15) is 0 Å². The smallest absolute Gasteiger partial charge is 0.106 e. The van der Waals surface area contributed by atoms with Gasteiger partial charge < -0.3 is 15.2 Å². The van der Waals surface area contributed by atoms with Crippen LogP contribution in [0.5, 0.6) is 0 Å². The van der Waals surface area contributed by atoms with Gasteiger partial charge >= 0.3 is 0 Å². The van der Waals surface area contributed by atoms with Gasteiger partial charge in [-0.25, -0.2) is 0 Å². The van der Waals surface area contributed by atoms with Crippen molar-refractivity contribution in [3.8, 4) is 0 Å². The minimum atomic E-state index is 0.250. The number of rotatable bonds is 2. The molecule has 5 heteroatoms. The van der Waals surface area contributed by atoms with Crippen LogP contribution in [-0.4, -0.2) is 36.0 Å². The summed E-state index contributed by atoms with van der Waals surface area (Å²) in [6, 6.07) is 0. The van der Waals surface area contributed by atoms with Crippen molar-refractivity contribution in [1.29, 1.82) is 0 Å². The standard InChI is InChI=1S/C4H8N2O2.C2H6O/c1-4(3-5-7)6-8-2;1-2-3/h3,7H,1-2H3;3H,2H2,1H3. The van der Waals surface area contributed by atoms with E-state index in [-0.39, 0.29) is 6.61 Å². The monoisotopic (exact) mass is 162 g/mol. The van der Waals surface area contributed by atoms with E-state index in [1.165, 1.54) is 13.3 Å². The number of aliphatic hydroxyl groups excluding tert-OH is 1. The maximum absolute atomic E-state index is 7.90. The summed E-state index contributed by atoms with van der Waals surface area (Å²) in [5.74, 6) is 0. The highest BCUT2D eigenvalue weighted by molar-refractivity contribution is 6.29. The molecule has 0 unspecified atom stereocenters. The van der Waals surface area contributed by atoms with Crippen LogP contribution in [0.15, 0.2) is 10.3 Å². The Kier molecular flexibility index (Phi) is 13.3. The van der Waals surface area contributed by atoms with E-state index in [2.05, 4.69) is 15.1 Å². The van der Waals surface area contributed by atoms with E-state index in [1.54, 1.807) is 13.8 Å². The summed E-state index contributed by atoms with van der Waals surface area (Å²) < 4.78 is 0. The summed E-state index contributed by atoms with van der Waals surface area (Å²) in [5.41, 5.74) is 0.523. The van der Waals surface area contributed by atoms with Crippen molar-refractivity contribution in [3.05, 3.63) is 0 Å². The molecule has 0 spiro atoms. The van der Waals surface area contributed by atoms with Crippen molar-refractivity contribution in [1.82, 2.24) is 0 Å². The fraction of sp³-hybridized carbons (Fsp3) is 0.667. The average molecular weight is 162 g/mol. The third-order valence-electron chi connectivity index (χ3n) is 0.480. The molecular formula is C6H14N2O3. The molecule has 0 aromatic rings. The Hall–Kier alpha value is -1.10. The van der Waals surface area contributed by atoms with E-state index >= 15 is 0 Å². The van der Waals surface area contributed by atoms with Crippen molar-refractivity contribution in [2.24, 2.45) is 10.3 Å². The van der Waals surface area contributed by atoms with Crippen LogP contribution in [0.4, 0.5) is 0 Å². The summed E-state index contributed by atoms with van der Waals surface area (Å²) in [6.45, 7) is 3.59. The number of hydrogen-bond donors (Lipinski definition) is 2. The molecule has 0 aliphatic rings. The van der Waals surface area contributed by atoms with Gasteiger partial charge in [-0.15, -0.1) is 0 Å². The Morgan fingerprint density at radius 1 is 1.64 bits per heavy atom. The van der Waals surface area contributed by atoms with Gasteiger partial charge in [-0.05, 0) is 13.8 Å². The summed E-state index contributed by atoms with van der Waals surface area (Å²) >= 11 is 0. The zero-order valence-corrected chi connectivity index (χ0v) is 6.98. The van der Waals surface area contributed by atoms with E-state index in [0.29, 0.717) is 5.71 Å². The molecule has 0 atom stereocenters. The van der Waals surface area contributed by atoms with Gasteiger partial charge in [-0.3, -0.25) is 0 Å². The minimum Gasteiger partial charge on any atom is -0.411 e. The lowest BCUT2D eigenvalue weighted by atomic mass is 10.5. The maximum atomic E-state index is 7.90. The fourth-order valence-electron chi connectivity index (χ4n) is 0.251. The molecule has 66 valence electrons. The molecule has 0 radical (unpaired) electrons. The van der Waals surface area contributed by atoms with Gasteiger partial charge in [0.15, 0.2) is 0 Å². The molecule has 5 nitrogen and oxygen atoms in total. The minimum absolute atomic E-state index is 0.250. The Bertz CT molecular complexity index is 123. The first-order chi connectivity index (χ1) is 5.22. The van der Waals surface area contributed by atoms with Crippen molar-refractivity contribution in [2.45, 2.75) is 13.8 Å². The molecule has 0 aliphatic carbocycles. The average Bonchev–Trinajstić information content (AvgIpc) is 1.90. The van der Waals surface area contributed by atoms with Crippen molar-refractivity contribution < 1.29 is 15.2 Å². The molecule has 0 rings (SSSR count). The second-order valence-electron chi connectivity index (χ2n) is 1.48. The van der Waals surface area contributed by atoms with Gasteiger partial charge in [-0.2, -0.15) is 0 Å². The first-order valence-electron chi connectivity index (χ1n) is 3.08. The van der Waals surface area contributed by atoms with E-state index in [0.717, 1.165) is 0 Å². The summed E-state index contributed by atoms with van der Waals surface area (Å²) in [6.07, 6.45) is 1.18. The van der Waals surface area contributed by atoms with Crippen LogP contribution >= 0.6 is 0 Å². The zero-order valence-electron chi connectivity index (χ0n) is 6.98. The van der Waals surface area contributed by atoms with Crippen molar-refractivity contribution in [3.63, 3.8) is 0 Å². The molecule has 2 N–H and O–H groups in total. The highest BCUT2D eigenvalue weighted by Crippen LogP contribution is 1.71. The molecule has 0 amide bonds. The summed E-state index contributed by atoms with van der Waals surface area (Å²) in [7, 11) is 1.43. The SMILES string of the molecule is CCO.CON=C(C)C=NO. The Balaban J connectivity index is 0. The second kappa shape index (κ2) is 11.7. The van der Waals surface area contributed by atoms with Crippen LogP contribution in [0.25, 0.3) is 0 Å². The first kappa shape index (κ1) is 12.6. The lowest BCUT2D eigenvalue weighted by Crippen LogP contribution is -1.91. The molecule has 11 heavy (non-hydrogen) atoms. The number of oxime groups is 2. The van der Waals surface area contributed by atoms with Gasteiger partial charge in [0.2, 0.25) is 0 Å². The van der Waals surface area contributed by atoms with E-state index < -0.39 is 0 Å².